The van der Waals surface area contributed by atoms with Crippen molar-refractivity contribution in [3.8, 4) is 0 Å². The van der Waals surface area contributed by atoms with E-state index in [-0.39, 0.29) is 23.9 Å². The molecule has 1 fully saturated rings. The van der Waals surface area contributed by atoms with Gasteiger partial charge < -0.3 is 10.2 Å². The van der Waals surface area contributed by atoms with Crippen LogP contribution in [0.15, 0.2) is 36.9 Å². The van der Waals surface area contributed by atoms with Crippen LogP contribution in [0.3, 0.4) is 0 Å². The lowest BCUT2D eigenvalue weighted by atomic mass is 10.1. The lowest BCUT2D eigenvalue weighted by Crippen LogP contribution is -2.42. The number of benzene rings is 1. The summed E-state index contributed by atoms with van der Waals surface area (Å²) in [6, 6.07) is 7.48. The van der Waals surface area contributed by atoms with Crippen LogP contribution >= 0.6 is 11.6 Å². The Bertz CT molecular complexity index is 535. The molecule has 1 aliphatic rings. The summed E-state index contributed by atoms with van der Waals surface area (Å²) in [5, 5.41) is 3.68. The predicted octanol–water partition coefficient (Wildman–Crippen LogP) is 2.09. The third-order valence-electron chi connectivity index (χ3n) is 3.46. The molecule has 1 aliphatic carbocycles. The molecule has 20 heavy (non-hydrogen) atoms. The standard InChI is InChI=1S/C15H17ClN2O2/c1-3-14(20)18(2)10-13(19)17-15(8-9-15)11-4-6-12(16)7-5-11/h3-7H,1,8-10H2,2H3,(H,17,19). The monoisotopic (exact) mass is 292 g/mol. The largest absolute Gasteiger partial charge is 0.345 e. The molecule has 0 aliphatic heterocycles. The van der Waals surface area contributed by atoms with E-state index in [2.05, 4.69) is 11.9 Å². The number of likely N-dealkylation sites (N-methyl/N-ethyl adjacent to an activating group) is 1. The van der Waals surface area contributed by atoms with Gasteiger partial charge in [-0.1, -0.05) is 30.3 Å². The SMILES string of the molecule is C=CC(=O)N(C)CC(=O)NC1(c2ccc(Cl)cc2)CC1. The smallest absolute Gasteiger partial charge is 0.246 e. The zero-order valence-corrected chi connectivity index (χ0v) is 12.1. The molecular formula is C15H17ClN2O2. The van der Waals surface area contributed by atoms with Crippen LogP contribution in [0, 0.1) is 0 Å². The van der Waals surface area contributed by atoms with Crippen molar-refractivity contribution in [2.45, 2.75) is 18.4 Å². The van der Waals surface area contributed by atoms with E-state index >= 15 is 0 Å². The van der Waals surface area contributed by atoms with Gasteiger partial charge in [-0.05, 0) is 36.6 Å². The highest BCUT2D eigenvalue weighted by Crippen LogP contribution is 2.45. The Morgan fingerprint density at radius 3 is 2.50 bits per heavy atom. The number of amides is 2. The van der Waals surface area contributed by atoms with Gasteiger partial charge in [-0.15, -0.1) is 0 Å². The summed E-state index contributed by atoms with van der Waals surface area (Å²) in [6.45, 7) is 3.42. The van der Waals surface area contributed by atoms with Crippen molar-refractivity contribution >= 4 is 23.4 Å². The van der Waals surface area contributed by atoms with E-state index in [1.54, 1.807) is 7.05 Å². The third kappa shape index (κ3) is 3.20. The summed E-state index contributed by atoms with van der Waals surface area (Å²) in [7, 11) is 1.57. The van der Waals surface area contributed by atoms with Crippen LogP contribution in [0.1, 0.15) is 18.4 Å². The molecule has 1 saturated carbocycles. The second kappa shape index (κ2) is 5.67. The average molecular weight is 293 g/mol. The summed E-state index contributed by atoms with van der Waals surface area (Å²) >= 11 is 5.87. The maximum absolute atomic E-state index is 12.0. The number of hydrogen-bond donors (Lipinski definition) is 1. The highest BCUT2D eigenvalue weighted by atomic mass is 35.5. The number of rotatable bonds is 5. The van der Waals surface area contributed by atoms with E-state index in [1.165, 1.54) is 11.0 Å². The molecular weight excluding hydrogens is 276 g/mol. The molecule has 0 heterocycles. The normalized spacial score (nSPS) is 15.3. The second-order valence-corrected chi connectivity index (χ2v) is 5.47. The first-order valence-corrected chi connectivity index (χ1v) is 6.79. The molecule has 0 bridgehead atoms. The molecule has 0 saturated heterocycles. The molecule has 5 heteroatoms. The molecule has 0 spiro atoms. The van der Waals surface area contributed by atoms with Crippen LogP contribution < -0.4 is 5.32 Å². The fraction of sp³-hybridized carbons (Fsp3) is 0.333. The Balaban J connectivity index is 1.99. The molecule has 1 aromatic carbocycles. The first-order valence-electron chi connectivity index (χ1n) is 6.41. The Morgan fingerprint density at radius 2 is 2.00 bits per heavy atom. The highest BCUT2D eigenvalue weighted by molar-refractivity contribution is 6.30. The number of nitrogens with zero attached hydrogens (tertiary/aromatic N) is 1. The topological polar surface area (TPSA) is 49.4 Å². The van der Waals surface area contributed by atoms with Crippen molar-refractivity contribution in [3.05, 3.63) is 47.5 Å². The van der Waals surface area contributed by atoms with E-state index < -0.39 is 0 Å². The van der Waals surface area contributed by atoms with E-state index in [0.29, 0.717) is 5.02 Å². The maximum Gasteiger partial charge on any atom is 0.246 e. The summed E-state index contributed by atoms with van der Waals surface area (Å²) in [5.74, 6) is -0.438. The Morgan fingerprint density at radius 1 is 1.40 bits per heavy atom. The third-order valence-corrected chi connectivity index (χ3v) is 3.71. The second-order valence-electron chi connectivity index (χ2n) is 5.04. The number of carbonyl (C=O) groups excluding carboxylic acids is 2. The van der Waals surface area contributed by atoms with E-state index in [9.17, 15) is 9.59 Å². The number of hydrogen-bond acceptors (Lipinski definition) is 2. The van der Waals surface area contributed by atoms with Gasteiger partial charge in [0.05, 0.1) is 12.1 Å². The van der Waals surface area contributed by atoms with Crippen LogP contribution in [-0.2, 0) is 15.1 Å². The minimum absolute atomic E-state index is 0.0280. The fourth-order valence-corrected chi connectivity index (χ4v) is 2.26. The van der Waals surface area contributed by atoms with E-state index in [4.69, 9.17) is 11.6 Å². The Kier molecular flexibility index (Phi) is 4.14. The molecule has 0 atom stereocenters. The minimum Gasteiger partial charge on any atom is -0.345 e. The summed E-state index contributed by atoms with van der Waals surface area (Å²) in [6.07, 6.45) is 3.00. The number of halogens is 1. The predicted molar refractivity (Wildman–Crippen MR) is 78.3 cm³/mol. The maximum atomic E-state index is 12.0. The molecule has 1 aromatic rings. The molecule has 106 valence electrons. The molecule has 2 rings (SSSR count). The van der Waals surface area contributed by atoms with Crippen LogP contribution in [0.4, 0.5) is 0 Å². The molecule has 0 unspecified atom stereocenters. The van der Waals surface area contributed by atoms with Gasteiger partial charge in [0, 0.05) is 12.1 Å². The minimum atomic E-state index is -0.292. The highest BCUT2D eigenvalue weighted by Gasteiger charge is 2.45. The van der Waals surface area contributed by atoms with Crippen LogP contribution in [0.25, 0.3) is 0 Å². The van der Waals surface area contributed by atoms with Gasteiger partial charge in [0.2, 0.25) is 11.8 Å². The van der Waals surface area contributed by atoms with Gasteiger partial charge in [-0.2, -0.15) is 0 Å². The Hall–Kier alpha value is -1.81. The van der Waals surface area contributed by atoms with E-state index in [1.807, 2.05) is 24.3 Å². The van der Waals surface area contributed by atoms with Gasteiger partial charge in [0.15, 0.2) is 0 Å². The first-order chi connectivity index (χ1) is 9.47. The van der Waals surface area contributed by atoms with Gasteiger partial charge in [-0.25, -0.2) is 0 Å². The molecule has 0 aromatic heterocycles. The summed E-state index contributed by atoms with van der Waals surface area (Å²) < 4.78 is 0. The molecule has 2 amide bonds. The van der Waals surface area contributed by atoms with Crippen molar-refractivity contribution < 1.29 is 9.59 Å². The molecule has 0 radical (unpaired) electrons. The van der Waals surface area contributed by atoms with Gasteiger partial charge in [0.1, 0.15) is 0 Å². The van der Waals surface area contributed by atoms with E-state index in [0.717, 1.165) is 18.4 Å². The fourth-order valence-electron chi connectivity index (χ4n) is 2.14. The van der Waals surface area contributed by atoms with Gasteiger partial charge in [-0.3, -0.25) is 9.59 Å². The van der Waals surface area contributed by atoms with Crippen molar-refractivity contribution in [1.29, 1.82) is 0 Å². The Labute approximate surface area is 123 Å². The lowest BCUT2D eigenvalue weighted by molar-refractivity contribution is -0.131. The first kappa shape index (κ1) is 14.6. The number of carbonyl (C=O) groups is 2. The zero-order chi connectivity index (χ0) is 14.8. The summed E-state index contributed by atoms with van der Waals surface area (Å²) in [5.41, 5.74) is 0.757. The van der Waals surface area contributed by atoms with Crippen LogP contribution in [0.2, 0.25) is 5.02 Å². The molecule has 1 N–H and O–H groups in total. The zero-order valence-electron chi connectivity index (χ0n) is 11.4. The van der Waals surface area contributed by atoms with Crippen molar-refractivity contribution in [3.63, 3.8) is 0 Å². The van der Waals surface area contributed by atoms with Crippen LogP contribution in [-0.4, -0.2) is 30.3 Å². The van der Waals surface area contributed by atoms with Gasteiger partial charge >= 0.3 is 0 Å². The van der Waals surface area contributed by atoms with Gasteiger partial charge in [0.25, 0.3) is 0 Å². The average Bonchev–Trinajstić information content (AvgIpc) is 3.18. The quantitative estimate of drug-likeness (QED) is 0.845. The lowest BCUT2D eigenvalue weighted by Gasteiger charge is -2.21. The summed E-state index contributed by atoms with van der Waals surface area (Å²) in [4.78, 5) is 24.7. The van der Waals surface area contributed by atoms with Crippen molar-refractivity contribution in [2.24, 2.45) is 0 Å². The number of nitrogens with one attached hydrogen (secondary N) is 1. The van der Waals surface area contributed by atoms with Crippen molar-refractivity contribution in [2.75, 3.05) is 13.6 Å². The van der Waals surface area contributed by atoms with Crippen molar-refractivity contribution in [1.82, 2.24) is 10.2 Å². The van der Waals surface area contributed by atoms with Crippen LogP contribution in [0.5, 0.6) is 0 Å². The molecule has 4 nitrogen and oxygen atoms in total.